The number of carboxylic acid groups (broad SMARTS) is 1. The first kappa shape index (κ1) is 22.2. The van der Waals surface area contributed by atoms with E-state index in [2.05, 4.69) is 24.0 Å². The molecule has 6 heteroatoms. The van der Waals surface area contributed by atoms with Crippen LogP contribution < -0.4 is 14.4 Å². The van der Waals surface area contributed by atoms with Crippen LogP contribution in [0.2, 0.25) is 0 Å². The molecule has 0 spiro atoms. The standard InChI is InChI=1S/C26H31NO5/c1-2-3-12-30-14-15-31-23-8-6-19(7-9-23)21-17-22-16-20(26(28)29)5-4-10-27-11-13-32-24(18-21)25(22)27/h6-9,16-18H,2-5,10-15H2,1H3,(H,28,29)/b20-16+. The van der Waals surface area contributed by atoms with Crippen molar-refractivity contribution in [2.24, 2.45) is 0 Å². The maximum absolute atomic E-state index is 11.7. The third kappa shape index (κ3) is 5.25. The predicted octanol–water partition coefficient (Wildman–Crippen LogP) is 5.01. The minimum atomic E-state index is -0.852. The van der Waals surface area contributed by atoms with Gasteiger partial charge in [-0.3, -0.25) is 0 Å². The highest BCUT2D eigenvalue weighted by Crippen LogP contribution is 2.41. The molecule has 2 aliphatic rings. The van der Waals surface area contributed by atoms with E-state index in [1.54, 1.807) is 0 Å². The first-order valence-corrected chi connectivity index (χ1v) is 11.5. The molecule has 2 aromatic carbocycles. The highest BCUT2D eigenvalue weighted by molar-refractivity contribution is 5.95. The van der Waals surface area contributed by atoms with Gasteiger partial charge in [-0.1, -0.05) is 25.5 Å². The van der Waals surface area contributed by atoms with Crippen LogP contribution in [0.1, 0.15) is 38.2 Å². The number of anilines is 1. The molecule has 6 nitrogen and oxygen atoms in total. The van der Waals surface area contributed by atoms with E-state index in [1.165, 1.54) is 0 Å². The van der Waals surface area contributed by atoms with Gasteiger partial charge in [-0.2, -0.15) is 0 Å². The van der Waals surface area contributed by atoms with Crippen LogP contribution in [-0.2, 0) is 9.53 Å². The molecule has 0 amide bonds. The maximum Gasteiger partial charge on any atom is 0.331 e. The molecule has 32 heavy (non-hydrogen) atoms. The molecule has 2 aromatic rings. The van der Waals surface area contributed by atoms with E-state index in [-0.39, 0.29) is 0 Å². The molecule has 0 aromatic heterocycles. The Hall–Kier alpha value is -2.99. The van der Waals surface area contributed by atoms with Gasteiger partial charge in [0.25, 0.3) is 0 Å². The second kappa shape index (κ2) is 10.6. The number of carboxylic acids is 1. The summed E-state index contributed by atoms with van der Waals surface area (Å²) < 4.78 is 17.3. The Morgan fingerprint density at radius 3 is 2.72 bits per heavy atom. The molecule has 0 unspecified atom stereocenters. The van der Waals surface area contributed by atoms with Crippen LogP contribution in [0.3, 0.4) is 0 Å². The number of unbranched alkanes of at least 4 members (excludes halogenated alkanes) is 1. The fourth-order valence-corrected chi connectivity index (χ4v) is 4.16. The second-order valence-corrected chi connectivity index (χ2v) is 8.16. The highest BCUT2D eigenvalue weighted by atomic mass is 16.5. The molecular weight excluding hydrogens is 406 g/mol. The lowest BCUT2D eigenvalue weighted by Crippen LogP contribution is -2.34. The van der Waals surface area contributed by atoms with Gasteiger partial charge in [0.1, 0.15) is 24.7 Å². The molecular formula is C26H31NO5. The Labute approximate surface area is 189 Å². The summed E-state index contributed by atoms with van der Waals surface area (Å²) in [5, 5.41) is 9.60. The predicted molar refractivity (Wildman–Crippen MR) is 126 cm³/mol. The van der Waals surface area contributed by atoms with Crippen molar-refractivity contribution in [1.82, 2.24) is 0 Å². The molecule has 0 atom stereocenters. The first-order valence-electron chi connectivity index (χ1n) is 11.5. The highest BCUT2D eigenvalue weighted by Gasteiger charge is 2.25. The zero-order chi connectivity index (χ0) is 22.3. The van der Waals surface area contributed by atoms with Gasteiger partial charge in [-0.05, 0) is 60.7 Å². The van der Waals surface area contributed by atoms with Crippen LogP contribution in [0.5, 0.6) is 11.5 Å². The summed E-state index contributed by atoms with van der Waals surface area (Å²) in [7, 11) is 0. The van der Waals surface area contributed by atoms with Crippen molar-refractivity contribution in [3.8, 4) is 22.6 Å². The van der Waals surface area contributed by atoms with Crippen molar-refractivity contribution >= 4 is 17.7 Å². The lowest BCUT2D eigenvalue weighted by molar-refractivity contribution is -0.132. The summed E-state index contributed by atoms with van der Waals surface area (Å²) in [6.07, 6.45) is 5.40. The third-order valence-corrected chi connectivity index (χ3v) is 5.84. The number of benzene rings is 2. The summed E-state index contributed by atoms with van der Waals surface area (Å²) >= 11 is 0. The number of hydrogen-bond donors (Lipinski definition) is 1. The Balaban J connectivity index is 1.55. The minimum Gasteiger partial charge on any atom is -0.491 e. The largest absolute Gasteiger partial charge is 0.491 e. The third-order valence-electron chi connectivity index (χ3n) is 5.84. The van der Waals surface area contributed by atoms with E-state index in [9.17, 15) is 9.90 Å². The molecule has 0 saturated carbocycles. The van der Waals surface area contributed by atoms with Crippen LogP contribution in [0.25, 0.3) is 17.2 Å². The number of ether oxygens (including phenoxy) is 3. The number of nitrogens with zero attached hydrogens (tertiary/aromatic N) is 1. The smallest absolute Gasteiger partial charge is 0.331 e. The van der Waals surface area contributed by atoms with Crippen LogP contribution in [0.15, 0.2) is 42.0 Å². The molecule has 170 valence electrons. The van der Waals surface area contributed by atoms with Crippen molar-refractivity contribution in [1.29, 1.82) is 0 Å². The van der Waals surface area contributed by atoms with E-state index in [0.29, 0.717) is 31.8 Å². The van der Waals surface area contributed by atoms with E-state index >= 15 is 0 Å². The first-order chi connectivity index (χ1) is 15.7. The molecule has 2 heterocycles. The van der Waals surface area contributed by atoms with Crippen molar-refractivity contribution in [3.63, 3.8) is 0 Å². The fraction of sp³-hybridized carbons (Fsp3) is 0.423. The monoisotopic (exact) mass is 437 g/mol. The molecule has 0 radical (unpaired) electrons. The quantitative estimate of drug-likeness (QED) is 0.556. The van der Waals surface area contributed by atoms with E-state index in [0.717, 1.165) is 72.8 Å². The average molecular weight is 438 g/mol. The Morgan fingerprint density at radius 1 is 1.09 bits per heavy atom. The van der Waals surface area contributed by atoms with Gasteiger partial charge in [0.15, 0.2) is 0 Å². The van der Waals surface area contributed by atoms with Gasteiger partial charge in [0.2, 0.25) is 0 Å². The van der Waals surface area contributed by atoms with Gasteiger partial charge >= 0.3 is 5.97 Å². The zero-order valence-electron chi connectivity index (χ0n) is 18.6. The lowest BCUT2D eigenvalue weighted by atomic mass is 9.95. The van der Waals surface area contributed by atoms with Gasteiger partial charge in [-0.15, -0.1) is 0 Å². The average Bonchev–Trinajstić information content (AvgIpc) is 2.79. The molecule has 4 rings (SSSR count). The fourth-order valence-electron chi connectivity index (χ4n) is 4.16. The summed E-state index contributed by atoms with van der Waals surface area (Å²) in [6, 6.07) is 12.1. The van der Waals surface area contributed by atoms with Crippen molar-refractivity contribution in [2.75, 3.05) is 44.4 Å². The van der Waals surface area contributed by atoms with E-state index in [1.807, 2.05) is 30.3 Å². The van der Waals surface area contributed by atoms with E-state index in [4.69, 9.17) is 14.2 Å². The SMILES string of the molecule is CCCCOCCOc1ccc(-c2cc3c4c(c2)OCCN4CCC/C(C(=O)O)=C\3)cc1. The van der Waals surface area contributed by atoms with Gasteiger partial charge in [-0.25, -0.2) is 4.79 Å². The molecule has 2 aliphatic heterocycles. The van der Waals surface area contributed by atoms with Crippen LogP contribution in [0.4, 0.5) is 5.69 Å². The second-order valence-electron chi connectivity index (χ2n) is 8.16. The van der Waals surface area contributed by atoms with E-state index < -0.39 is 5.97 Å². The molecule has 0 fully saturated rings. The normalized spacial score (nSPS) is 16.8. The molecule has 0 saturated heterocycles. The zero-order valence-corrected chi connectivity index (χ0v) is 18.6. The lowest BCUT2D eigenvalue weighted by Gasteiger charge is -2.34. The maximum atomic E-state index is 11.7. The Kier molecular flexibility index (Phi) is 7.32. The van der Waals surface area contributed by atoms with Gasteiger partial charge in [0.05, 0.1) is 18.8 Å². The van der Waals surface area contributed by atoms with Crippen LogP contribution >= 0.6 is 0 Å². The minimum absolute atomic E-state index is 0.444. The molecule has 0 bridgehead atoms. The summed E-state index contributed by atoms with van der Waals surface area (Å²) in [5.41, 5.74) is 4.38. The van der Waals surface area contributed by atoms with Crippen LogP contribution in [0, 0.1) is 0 Å². The summed E-state index contributed by atoms with van der Waals surface area (Å²) in [4.78, 5) is 14.0. The number of rotatable bonds is 9. The summed E-state index contributed by atoms with van der Waals surface area (Å²) in [6.45, 7) is 6.33. The molecule has 0 aliphatic carbocycles. The van der Waals surface area contributed by atoms with Crippen molar-refractivity contribution < 1.29 is 24.1 Å². The van der Waals surface area contributed by atoms with Crippen molar-refractivity contribution in [3.05, 3.63) is 47.5 Å². The number of carbonyl (C=O) groups is 1. The summed E-state index contributed by atoms with van der Waals surface area (Å²) in [5.74, 6) is 0.765. The van der Waals surface area contributed by atoms with Crippen LogP contribution in [-0.4, -0.2) is 50.6 Å². The number of aliphatic carboxylic acids is 1. The van der Waals surface area contributed by atoms with Gasteiger partial charge in [0, 0.05) is 24.3 Å². The Bertz CT molecular complexity index is 967. The Morgan fingerprint density at radius 2 is 1.94 bits per heavy atom. The number of hydrogen-bond acceptors (Lipinski definition) is 5. The van der Waals surface area contributed by atoms with Gasteiger partial charge < -0.3 is 24.2 Å². The topological polar surface area (TPSA) is 68.2 Å². The van der Waals surface area contributed by atoms with Crippen molar-refractivity contribution in [2.45, 2.75) is 32.6 Å². The molecule has 1 N–H and O–H groups in total.